The standard InChI is InChI=1S/C82H56BF4N3/c1-82(2,3)59-36-39-74-70(46-59)69-28-16-17-33-73(69)88(74)64-49-77-79-78(50-64)90(81-67(53-24-12-6-13-25-53)31-19-32-68(81)54-26-14-7-15-27-54)76-38-35-56(58-42-62(86)48-63(87)43-58)45-72(76)83(79)71-44-55(57-40-60(84)47-61(85)41-57)34-37-75(71)89(77)80-65(51-20-8-4-9-21-51)29-18-30-66(80)52-22-10-5-11-23-52/h4-50H,1-3H3/i16D,17D,28D,33D. The van der Waals surface area contributed by atoms with Gasteiger partial charge in [0.05, 0.1) is 33.6 Å². The van der Waals surface area contributed by atoms with E-state index in [1.54, 1.807) is 0 Å². The summed E-state index contributed by atoms with van der Waals surface area (Å²) in [4.78, 5) is 4.60. The highest BCUT2D eigenvalue weighted by atomic mass is 19.1. The van der Waals surface area contributed by atoms with E-state index in [0.717, 1.165) is 101 Å². The zero-order valence-electron chi connectivity index (χ0n) is 53.3. The van der Waals surface area contributed by atoms with Crippen LogP contribution in [0.4, 0.5) is 51.7 Å². The highest BCUT2D eigenvalue weighted by Crippen LogP contribution is 2.54. The van der Waals surface area contributed by atoms with E-state index in [1.807, 2.05) is 120 Å². The number of aromatic nitrogens is 1. The molecular weight excluding hydrogens is 1110 g/mol. The first-order chi connectivity index (χ1) is 45.6. The Balaban J connectivity index is 1.14. The van der Waals surface area contributed by atoms with Crippen LogP contribution in [0.1, 0.15) is 31.8 Å². The molecule has 430 valence electrons. The van der Waals surface area contributed by atoms with Gasteiger partial charge in [-0.25, -0.2) is 17.6 Å². The van der Waals surface area contributed by atoms with Crippen LogP contribution in [-0.2, 0) is 5.41 Å². The predicted octanol–water partition coefficient (Wildman–Crippen LogP) is 20.7. The van der Waals surface area contributed by atoms with E-state index in [1.165, 1.54) is 24.3 Å². The Morgan fingerprint density at radius 3 is 1.17 bits per heavy atom. The van der Waals surface area contributed by atoms with E-state index in [2.05, 4.69) is 140 Å². The third-order valence-corrected chi connectivity index (χ3v) is 17.8. The molecule has 16 rings (SSSR count). The molecule has 14 aromatic rings. The zero-order chi connectivity index (χ0) is 64.4. The average Bonchev–Trinajstić information content (AvgIpc) is 0.867. The normalized spacial score (nSPS) is 13.2. The van der Waals surface area contributed by atoms with Crippen molar-refractivity contribution in [2.45, 2.75) is 26.2 Å². The smallest absolute Gasteiger partial charge is 0.252 e. The minimum absolute atomic E-state index is 0.159. The Kier molecular flexibility index (Phi) is 11.9. The maximum atomic E-state index is 15.7. The quantitative estimate of drug-likeness (QED) is 0.105. The average molecular weight is 1170 g/mol. The zero-order valence-corrected chi connectivity index (χ0v) is 49.3. The minimum Gasteiger partial charge on any atom is -0.310 e. The maximum absolute atomic E-state index is 15.7. The van der Waals surface area contributed by atoms with Gasteiger partial charge in [-0.2, -0.15) is 0 Å². The van der Waals surface area contributed by atoms with Gasteiger partial charge in [-0.1, -0.05) is 227 Å². The summed E-state index contributed by atoms with van der Waals surface area (Å²) in [6.45, 7) is 5.64. The lowest BCUT2D eigenvalue weighted by molar-refractivity contribution is 0.583. The number of hydrogen-bond acceptors (Lipinski definition) is 2. The van der Waals surface area contributed by atoms with Crippen LogP contribution in [0, 0.1) is 23.3 Å². The lowest BCUT2D eigenvalue weighted by Crippen LogP contribution is -2.61. The Hall–Kier alpha value is -11.0. The molecule has 13 aromatic carbocycles. The van der Waals surface area contributed by atoms with Gasteiger partial charge in [0.2, 0.25) is 0 Å². The summed E-state index contributed by atoms with van der Waals surface area (Å²) in [5.74, 6) is -2.94. The van der Waals surface area contributed by atoms with E-state index in [4.69, 9.17) is 0 Å². The van der Waals surface area contributed by atoms with E-state index >= 15 is 17.6 Å². The molecule has 0 saturated heterocycles. The Labute approximate surface area is 526 Å². The molecule has 3 heterocycles. The van der Waals surface area contributed by atoms with Crippen LogP contribution in [0.2, 0.25) is 0 Å². The highest BCUT2D eigenvalue weighted by Gasteiger charge is 2.46. The van der Waals surface area contributed by atoms with Crippen molar-refractivity contribution in [3.05, 3.63) is 314 Å². The van der Waals surface area contributed by atoms with E-state index in [-0.39, 0.29) is 29.6 Å². The van der Waals surface area contributed by atoms with Crippen LogP contribution >= 0.6 is 0 Å². The van der Waals surface area contributed by atoms with Crippen LogP contribution in [0.25, 0.3) is 94.3 Å². The number of anilines is 6. The van der Waals surface area contributed by atoms with Crippen molar-refractivity contribution in [3.63, 3.8) is 0 Å². The topological polar surface area (TPSA) is 11.4 Å². The summed E-state index contributed by atoms with van der Waals surface area (Å²) < 4.78 is 103. The van der Waals surface area contributed by atoms with Gasteiger partial charge in [0.15, 0.2) is 0 Å². The number of nitrogens with zero attached hydrogens (tertiary/aromatic N) is 3. The molecule has 0 aliphatic carbocycles. The fraction of sp³-hybridized carbons (Fsp3) is 0.0488. The first kappa shape index (κ1) is 50.1. The number of halogens is 4. The molecule has 3 nitrogen and oxygen atoms in total. The third kappa shape index (κ3) is 9.12. The van der Waals surface area contributed by atoms with Crippen molar-refractivity contribution in [2.24, 2.45) is 0 Å². The van der Waals surface area contributed by atoms with Gasteiger partial charge in [0, 0.05) is 67.9 Å². The molecule has 8 heteroatoms. The first-order valence-electron chi connectivity index (χ1n) is 32.1. The SMILES string of the molecule is [2H]c1c([2H])c([2H])c2c(c1[2H])c1cc(C(C)(C)C)ccc1n2-c1cc2c3c(c1)N(c1c(-c4ccccc4)cccc1-c1ccccc1)c1ccc(-c4cc(F)cc(F)c4)cc1B3c1cc(-c3cc(F)cc(F)c3)ccc1N2c1c(-c2ccccc2)cccc1-c1ccccc1. The molecule has 0 saturated carbocycles. The fourth-order valence-corrected chi connectivity index (χ4v) is 13.8. The van der Waals surface area contributed by atoms with Gasteiger partial charge in [0.25, 0.3) is 6.71 Å². The van der Waals surface area contributed by atoms with Crippen molar-refractivity contribution >= 4 is 79.0 Å². The number of fused-ring (bicyclic) bond motifs is 7. The van der Waals surface area contributed by atoms with E-state index < -0.39 is 30.0 Å². The lowest BCUT2D eigenvalue weighted by Gasteiger charge is -2.46. The summed E-state index contributed by atoms with van der Waals surface area (Å²) in [6, 6.07) is 81.7. The molecule has 0 atom stereocenters. The second kappa shape index (κ2) is 21.4. The van der Waals surface area contributed by atoms with Crippen molar-refractivity contribution in [1.82, 2.24) is 4.57 Å². The van der Waals surface area contributed by atoms with Gasteiger partial charge in [-0.05, 0) is 139 Å². The molecule has 2 aliphatic heterocycles. The summed E-state index contributed by atoms with van der Waals surface area (Å²) in [6.07, 6.45) is 0. The van der Waals surface area contributed by atoms with Crippen LogP contribution in [0.5, 0.6) is 0 Å². The molecule has 0 fully saturated rings. The van der Waals surface area contributed by atoms with E-state index in [0.29, 0.717) is 61.1 Å². The molecule has 0 bridgehead atoms. The van der Waals surface area contributed by atoms with Crippen LogP contribution in [0.3, 0.4) is 0 Å². The molecular formula is C82H56BF4N3. The first-order valence-corrected chi connectivity index (χ1v) is 30.1. The summed E-state index contributed by atoms with van der Waals surface area (Å²) >= 11 is 0. The number of hydrogen-bond donors (Lipinski definition) is 0. The van der Waals surface area contributed by atoms with Crippen molar-refractivity contribution < 1.29 is 23.0 Å². The fourth-order valence-electron chi connectivity index (χ4n) is 13.8. The number of para-hydroxylation sites is 3. The van der Waals surface area contributed by atoms with Crippen LogP contribution in [-0.4, -0.2) is 11.3 Å². The molecule has 0 N–H and O–H groups in total. The van der Waals surface area contributed by atoms with Gasteiger partial charge in [-0.15, -0.1) is 0 Å². The highest BCUT2D eigenvalue weighted by molar-refractivity contribution is 7.00. The second-order valence-electron chi connectivity index (χ2n) is 24.3. The van der Waals surface area contributed by atoms with Crippen molar-refractivity contribution in [2.75, 3.05) is 9.80 Å². The summed E-state index contributed by atoms with van der Waals surface area (Å²) in [5.41, 5.74) is 17.9. The van der Waals surface area contributed by atoms with Crippen molar-refractivity contribution in [1.29, 1.82) is 0 Å². The Bertz CT molecular complexity index is 5020. The number of rotatable bonds is 9. The van der Waals surface area contributed by atoms with Crippen LogP contribution in [0.15, 0.2) is 285 Å². The summed E-state index contributed by atoms with van der Waals surface area (Å²) in [5, 5.41) is 1.04. The molecule has 1 aromatic heterocycles. The molecule has 0 spiro atoms. The van der Waals surface area contributed by atoms with Crippen molar-refractivity contribution in [3.8, 4) is 72.4 Å². The maximum Gasteiger partial charge on any atom is 0.252 e. The third-order valence-electron chi connectivity index (χ3n) is 17.8. The molecule has 0 amide bonds. The van der Waals surface area contributed by atoms with Gasteiger partial charge in [0.1, 0.15) is 23.3 Å². The Morgan fingerprint density at radius 1 is 0.344 bits per heavy atom. The molecule has 0 radical (unpaired) electrons. The van der Waals surface area contributed by atoms with Gasteiger partial charge in [-0.3, -0.25) is 0 Å². The minimum atomic E-state index is -0.736. The summed E-state index contributed by atoms with van der Waals surface area (Å²) in [7, 11) is 0. The Morgan fingerprint density at radius 2 is 0.756 bits per heavy atom. The number of benzene rings is 13. The van der Waals surface area contributed by atoms with E-state index in [9.17, 15) is 5.48 Å². The monoisotopic (exact) mass is 1170 g/mol. The van der Waals surface area contributed by atoms with Gasteiger partial charge < -0.3 is 14.4 Å². The molecule has 90 heavy (non-hydrogen) atoms. The molecule has 0 unspecified atom stereocenters. The predicted molar refractivity (Wildman–Crippen MR) is 366 cm³/mol. The van der Waals surface area contributed by atoms with Crippen LogP contribution < -0.4 is 26.2 Å². The lowest BCUT2D eigenvalue weighted by atomic mass is 9.33. The second-order valence-corrected chi connectivity index (χ2v) is 24.3. The van der Waals surface area contributed by atoms with Gasteiger partial charge >= 0.3 is 0 Å². The largest absolute Gasteiger partial charge is 0.310 e. The molecule has 2 aliphatic rings.